The molecule has 0 spiro atoms. The summed E-state index contributed by atoms with van der Waals surface area (Å²) in [7, 11) is 1.59. The molecule has 0 aromatic rings. The minimum atomic E-state index is -0.354. The summed E-state index contributed by atoms with van der Waals surface area (Å²) in [6.07, 6.45) is 0.818. The number of hydrogen-bond donors (Lipinski definition) is 2. The summed E-state index contributed by atoms with van der Waals surface area (Å²) in [4.78, 5) is 11.2. The summed E-state index contributed by atoms with van der Waals surface area (Å²) in [5.41, 5.74) is 5.49. The molecule has 1 atom stereocenters. The van der Waals surface area contributed by atoms with Crippen LogP contribution in [0.1, 0.15) is 20.3 Å². The lowest BCUT2D eigenvalue weighted by molar-refractivity contribution is -0.126. The Morgan fingerprint density at radius 1 is 1.53 bits per heavy atom. The molecule has 5 nitrogen and oxygen atoms in total. The second kappa shape index (κ2) is 7.62. The molecule has 90 valence electrons. The summed E-state index contributed by atoms with van der Waals surface area (Å²) < 4.78 is 10.00. The van der Waals surface area contributed by atoms with Crippen LogP contribution in [-0.4, -0.2) is 44.9 Å². The van der Waals surface area contributed by atoms with E-state index in [0.29, 0.717) is 19.8 Å². The Kier molecular flexibility index (Phi) is 7.29. The molecule has 5 heteroatoms. The molecule has 1 unspecified atom stereocenters. The smallest absolute Gasteiger partial charge is 0.246 e. The maximum atomic E-state index is 11.2. The lowest BCUT2D eigenvalue weighted by Gasteiger charge is -2.21. The summed E-state index contributed by atoms with van der Waals surface area (Å²) in [5, 5.41) is 2.66. The highest BCUT2D eigenvalue weighted by Crippen LogP contribution is 2.04. The van der Waals surface area contributed by atoms with E-state index in [4.69, 9.17) is 15.2 Å². The fourth-order valence-corrected chi connectivity index (χ4v) is 0.822. The van der Waals surface area contributed by atoms with Crippen molar-refractivity contribution in [3.05, 3.63) is 0 Å². The molecule has 0 saturated carbocycles. The van der Waals surface area contributed by atoms with Crippen LogP contribution in [0.3, 0.4) is 0 Å². The Morgan fingerprint density at radius 3 is 2.73 bits per heavy atom. The van der Waals surface area contributed by atoms with Crippen molar-refractivity contribution in [2.24, 2.45) is 5.73 Å². The van der Waals surface area contributed by atoms with Crippen LogP contribution in [0, 0.1) is 0 Å². The highest BCUT2D eigenvalue weighted by molar-refractivity contribution is 5.77. The van der Waals surface area contributed by atoms with Crippen molar-refractivity contribution in [3.63, 3.8) is 0 Å². The molecule has 0 rings (SSSR count). The second-order valence-corrected chi connectivity index (χ2v) is 3.84. The lowest BCUT2D eigenvalue weighted by atomic mass is 10.0. The average Bonchev–Trinajstić information content (AvgIpc) is 2.18. The maximum absolute atomic E-state index is 11.2. The van der Waals surface area contributed by atoms with E-state index in [9.17, 15) is 4.79 Å². The predicted octanol–water partition coefficient (Wildman–Crippen LogP) is -0.107. The predicted molar refractivity (Wildman–Crippen MR) is 58.6 cm³/mol. The standard InChI is InChI=1S/C10H22N2O3/c1-4-10(2,11)8-15-7-9(13)12-5-6-14-3/h4-8,11H2,1-3H3,(H,12,13). The number of carbonyl (C=O) groups is 1. The number of amides is 1. The first kappa shape index (κ1) is 14.3. The molecule has 0 aromatic carbocycles. The van der Waals surface area contributed by atoms with Gasteiger partial charge in [-0.2, -0.15) is 0 Å². The van der Waals surface area contributed by atoms with Crippen LogP contribution < -0.4 is 11.1 Å². The van der Waals surface area contributed by atoms with Crippen molar-refractivity contribution in [3.8, 4) is 0 Å². The SMILES string of the molecule is CCC(C)(N)COCC(=O)NCCOC. The maximum Gasteiger partial charge on any atom is 0.246 e. The first-order valence-corrected chi connectivity index (χ1v) is 5.14. The number of carbonyl (C=O) groups excluding carboxylic acids is 1. The highest BCUT2D eigenvalue weighted by Gasteiger charge is 2.16. The third-order valence-electron chi connectivity index (χ3n) is 2.10. The van der Waals surface area contributed by atoms with Gasteiger partial charge in [0.05, 0.1) is 13.2 Å². The molecule has 1 amide bonds. The fraction of sp³-hybridized carbons (Fsp3) is 0.900. The van der Waals surface area contributed by atoms with Crippen molar-refractivity contribution < 1.29 is 14.3 Å². The van der Waals surface area contributed by atoms with Gasteiger partial charge in [-0.15, -0.1) is 0 Å². The largest absolute Gasteiger partial charge is 0.383 e. The molecule has 0 aliphatic heterocycles. The number of ether oxygens (including phenoxy) is 2. The van der Waals surface area contributed by atoms with E-state index in [2.05, 4.69) is 5.32 Å². The lowest BCUT2D eigenvalue weighted by Crippen LogP contribution is -2.41. The molecule has 0 aliphatic rings. The van der Waals surface area contributed by atoms with Crippen LogP contribution in [0.25, 0.3) is 0 Å². The Labute approximate surface area is 91.3 Å². The van der Waals surface area contributed by atoms with Crippen LogP contribution in [0.4, 0.5) is 0 Å². The quantitative estimate of drug-likeness (QED) is 0.558. The van der Waals surface area contributed by atoms with Crippen molar-refractivity contribution in [2.75, 3.05) is 33.5 Å². The van der Waals surface area contributed by atoms with Gasteiger partial charge in [0.15, 0.2) is 0 Å². The van der Waals surface area contributed by atoms with Gasteiger partial charge in [0.25, 0.3) is 0 Å². The van der Waals surface area contributed by atoms with Crippen LogP contribution >= 0.6 is 0 Å². The average molecular weight is 218 g/mol. The number of hydrogen-bond acceptors (Lipinski definition) is 4. The molecule has 3 N–H and O–H groups in total. The van der Waals surface area contributed by atoms with Gasteiger partial charge in [-0.25, -0.2) is 0 Å². The third-order valence-corrected chi connectivity index (χ3v) is 2.10. The normalized spacial score (nSPS) is 14.7. The third kappa shape index (κ3) is 8.35. The van der Waals surface area contributed by atoms with E-state index >= 15 is 0 Å². The van der Waals surface area contributed by atoms with E-state index in [1.165, 1.54) is 0 Å². The Bertz CT molecular complexity index is 184. The van der Waals surface area contributed by atoms with Crippen LogP contribution in [-0.2, 0) is 14.3 Å². The highest BCUT2D eigenvalue weighted by atomic mass is 16.5. The Morgan fingerprint density at radius 2 is 2.20 bits per heavy atom. The monoisotopic (exact) mass is 218 g/mol. The molecule has 0 bridgehead atoms. The molecular weight excluding hydrogens is 196 g/mol. The second-order valence-electron chi connectivity index (χ2n) is 3.84. The summed E-state index contributed by atoms with van der Waals surface area (Å²) in [5.74, 6) is -0.140. The fourth-order valence-electron chi connectivity index (χ4n) is 0.822. The summed E-state index contributed by atoms with van der Waals surface area (Å²) >= 11 is 0. The molecule has 0 fully saturated rings. The van der Waals surface area contributed by atoms with E-state index in [1.54, 1.807) is 7.11 Å². The number of nitrogens with one attached hydrogen (secondary N) is 1. The van der Waals surface area contributed by atoms with E-state index in [0.717, 1.165) is 6.42 Å². The molecule has 0 heterocycles. The zero-order valence-electron chi connectivity index (χ0n) is 9.84. The molecule has 0 aliphatic carbocycles. The van der Waals surface area contributed by atoms with Crippen LogP contribution in [0.2, 0.25) is 0 Å². The van der Waals surface area contributed by atoms with Gasteiger partial charge in [0.1, 0.15) is 6.61 Å². The molecule has 0 saturated heterocycles. The van der Waals surface area contributed by atoms with Crippen LogP contribution in [0.5, 0.6) is 0 Å². The van der Waals surface area contributed by atoms with Crippen molar-refractivity contribution in [1.82, 2.24) is 5.32 Å². The first-order valence-electron chi connectivity index (χ1n) is 5.14. The van der Waals surface area contributed by atoms with Gasteiger partial charge >= 0.3 is 0 Å². The first-order chi connectivity index (χ1) is 7.02. The van der Waals surface area contributed by atoms with Crippen LogP contribution in [0.15, 0.2) is 0 Å². The topological polar surface area (TPSA) is 73.6 Å². The van der Waals surface area contributed by atoms with Gasteiger partial charge in [0.2, 0.25) is 5.91 Å². The van der Waals surface area contributed by atoms with Gasteiger partial charge in [0, 0.05) is 19.2 Å². The molecular formula is C10H22N2O3. The Balaban J connectivity index is 3.46. The number of nitrogens with two attached hydrogens (primary N) is 1. The Hall–Kier alpha value is -0.650. The van der Waals surface area contributed by atoms with Crippen molar-refractivity contribution in [2.45, 2.75) is 25.8 Å². The zero-order chi connectivity index (χ0) is 11.7. The van der Waals surface area contributed by atoms with Gasteiger partial charge in [-0.3, -0.25) is 4.79 Å². The molecule has 0 radical (unpaired) electrons. The minimum Gasteiger partial charge on any atom is -0.383 e. The van der Waals surface area contributed by atoms with Gasteiger partial charge < -0.3 is 20.5 Å². The van der Waals surface area contributed by atoms with Gasteiger partial charge in [-0.1, -0.05) is 6.92 Å². The minimum absolute atomic E-state index is 0.0521. The molecule has 0 aromatic heterocycles. The summed E-state index contributed by atoms with van der Waals surface area (Å²) in [6.45, 7) is 5.34. The van der Waals surface area contributed by atoms with E-state index in [-0.39, 0.29) is 18.1 Å². The van der Waals surface area contributed by atoms with E-state index in [1.807, 2.05) is 13.8 Å². The number of methoxy groups -OCH3 is 1. The van der Waals surface area contributed by atoms with Crippen molar-refractivity contribution in [1.29, 1.82) is 0 Å². The zero-order valence-corrected chi connectivity index (χ0v) is 9.84. The van der Waals surface area contributed by atoms with E-state index < -0.39 is 0 Å². The number of rotatable bonds is 8. The molecule has 15 heavy (non-hydrogen) atoms. The van der Waals surface area contributed by atoms with Gasteiger partial charge in [-0.05, 0) is 13.3 Å². The van der Waals surface area contributed by atoms with Crippen molar-refractivity contribution >= 4 is 5.91 Å². The summed E-state index contributed by atoms with van der Waals surface area (Å²) in [6, 6.07) is 0.